The van der Waals surface area contributed by atoms with Crippen molar-refractivity contribution in [1.29, 1.82) is 0 Å². The molecule has 1 N–H and O–H groups in total. The highest BCUT2D eigenvalue weighted by molar-refractivity contribution is 5.73. The maximum atomic E-state index is 11.9. The van der Waals surface area contributed by atoms with Crippen molar-refractivity contribution >= 4 is 12.1 Å². The van der Waals surface area contributed by atoms with Gasteiger partial charge in [-0.25, -0.2) is 9.59 Å². The molecule has 3 amide bonds. The highest BCUT2D eigenvalue weighted by Gasteiger charge is 2.26. The van der Waals surface area contributed by atoms with E-state index in [-0.39, 0.29) is 12.1 Å². The average Bonchev–Trinajstić information content (AvgIpc) is 2.36. The third-order valence-electron chi connectivity index (χ3n) is 3.26. The first-order valence-electron chi connectivity index (χ1n) is 7.13. The number of nitrogens with zero attached hydrogens (tertiary/aromatic N) is 2. The van der Waals surface area contributed by atoms with Crippen LogP contribution in [0, 0.1) is 5.92 Å². The summed E-state index contributed by atoms with van der Waals surface area (Å²) in [6.45, 7) is 7.65. The van der Waals surface area contributed by atoms with E-state index in [1.807, 2.05) is 20.8 Å². The Hall–Kier alpha value is -1.46. The first-order chi connectivity index (χ1) is 9.23. The van der Waals surface area contributed by atoms with Gasteiger partial charge in [-0.15, -0.1) is 0 Å². The van der Waals surface area contributed by atoms with Crippen LogP contribution in [0.4, 0.5) is 9.59 Å². The second-order valence-corrected chi connectivity index (χ2v) is 6.37. The summed E-state index contributed by atoms with van der Waals surface area (Å²) in [4.78, 5) is 26.9. The van der Waals surface area contributed by atoms with E-state index in [0.29, 0.717) is 19.0 Å². The molecular formula is C14H27N3O3. The molecule has 1 fully saturated rings. The molecule has 1 heterocycles. The molecular weight excluding hydrogens is 258 g/mol. The van der Waals surface area contributed by atoms with Crippen LogP contribution in [0.2, 0.25) is 0 Å². The summed E-state index contributed by atoms with van der Waals surface area (Å²) in [6, 6.07) is -0.0466. The first kappa shape index (κ1) is 16.6. The van der Waals surface area contributed by atoms with Gasteiger partial charge in [-0.1, -0.05) is 0 Å². The molecule has 1 aliphatic rings. The highest BCUT2D eigenvalue weighted by atomic mass is 16.6. The lowest BCUT2D eigenvalue weighted by atomic mass is 9.98. The van der Waals surface area contributed by atoms with Crippen LogP contribution < -0.4 is 5.32 Å². The number of ether oxygens (including phenoxy) is 1. The Morgan fingerprint density at radius 2 is 2.05 bits per heavy atom. The van der Waals surface area contributed by atoms with E-state index in [1.165, 1.54) is 0 Å². The maximum Gasteiger partial charge on any atom is 0.410 e. The molecule has 1 aliphatic heterocycles. The fourth-order valence-electron chi connectivity index (χ4n) is 2.36. The summed E-state index contributed by atoms with van der Waals surface area (Å²) < 4.78 is 5.33. The van der Waals surface area contributed by atoms with Crippen LogP contribution >= 0.6 is 0 Å². The van der Waals surface area contributed by atoms with Crippen molar-refractivity contribution in [3.05, 3.63) is 0 Å². The van der Waals surface area contributed by atoms with Gasteiger partial charge >= 0.3 is 12.1 Å². The van der Waals surface area contributed by atoms with Crippen molar-refractivity contribution in [2.24, 2.45) is 5.92 Å². The number of urea groups is 1. The maximum absolute atomic E-state index is 11.9. The van der Waals surface area contributed by atoms with Gasteiger partial charge in [0.15, 0.2) is 0 Å². The molecule has 6 nitrogen and oxygen atoms in total. The second-order valence-electron chi connectivity index (χ2n) is 6.37. The molecule has 20 heavy (non-hydrogen) atoms. The van der Waals surface area contributed by atoms with Crippen LogP contribution in [0.15, 0.2) is 0 Å². The molecule has 0 spiro atoms. The molecule has 116 valence electrons. The summed E-state index contributed by atoms with van der Waals surface area (Å²) in [6.07, 6.45) is 1.69. The van der Waals surface area contributed by atoms with Crippen LogP contribution in [-0.2, 0) is 4.74 Å². The lowest BCUT2D eigenvalue weighted by molar-refractivity contribution is 0.0253. The third kappa shape index (κ3) is 5.27. The average molecular weight is 285 g/mol. The van der Waals surface area contributed by atoms with Crippen molar-refractivity contribution < 1.29 is 14.3 Å². The van der Waals surface area contributed by atoms with E-state index < -0.39 is 5.60 Å². The zero-order valence-electron chi connectivity index (χ0n) is 13.2. The summed E-state index contributed by atoms with van der Waals surface area (Å²) in [7, 11) is 3.38. The Morgan fingerprint density at radius 3 is 2.60 bits per heavy atom. The Bertz CT molecular complexity index is 352. The van der Waals surface area contributed by atoms with E-state index >= 15 is 0 Å². The lowest BCUT2D eigenvalue weighted by Gasteiger charge is -2.34. The molecule has 0 radical (unpaired) electrons. The van der Waals surface area contributed by atoms with Gasteiger partial charge in [-0.3, -0.25) is 0 Å². The third-order valence-corrected chi connectivity index (χ3v) is 3.26. The molecule has 0 aromatic heterocycles. The zero-order chi connectivity index (χ0) is 15.3. The van der Waals surface area contributed by atoms with Crippen LogP contribution in [0.3, 0.4) is 0 Å². The number of hydrogen-bond acceptors (Lipinski definition) is 3. The van der Waals surface area contributed by atoms with Crippen LogP contribution in [0.5, 0.6) is 0 Å². The van der Waals surface area contributed by atoms with Gasteiger partial charge in [0.05, 0.1) is 0 Å². The number of piperidine rings is 1. The number of amides is 3. The van der Waals surface area contributed by atoms with Crippen molar-refractivity contribution in [2.75, 3.05) is 33.7 Å². The number of carbonyl (C=O) groups is 2. The van der Waals surface area contributed by atoms with Gasteiger partial charge < -0.3 is 19.9 Å². The van der Waals surface area contributed by atoms with Crippen molar-refractivity contribution in [2.45, 2.75) is 39.2 Å². The predicted octanol–water partition coefficient (Wildman–Crippen LogP) is 1.90. The minimum atomic E-state index is -0.480. The summed E-state index contributed by atoms with van der Waals surface area (Å²) >= 11 is 0. The van der Waals surface area contributed by atoms with Gasteiger partial charge in [0.25, 0.3) is 0 Å². The number of likely N-dealkylation sites (tertiary alicyclic amines) is 1. The summed E-state index contributed by atoms with van der Waals surface area (Å²) in [5.74, 6) is 0.304. The van der Waals surface area contributed by atoms with Gasteiger partial charge in [0, 0.05) is 33.7 Å². The van der Waals surface area contributed by atoms with E-state index in [9.17, 15) is 9.59 Å². The minimum absolute atomic E-state index is 0.0466. The van der Waals surface area contributed by atoms with Gasteiger partial charge in [-0.2, -0.15) is 0 Å². The van der Waals surface area contributed by atoms with Gasteiger partial charge in [0.2, 0.25) is 0 Å². The Balaban J connectivity index is 2.47. The van der Waals surface area contributed by atoms with Crippen molar-refractivity contribution in [3.8, 4) is 0 Å². The molecule has 1 rings (SSSR count). The van der Waals surface area contributed by atoms with Gasteiger partial charge in [0.1, 0.15) is 5.60 Å². The standard InChI is InChI=1S/C14H27N3O3/c1-14(2,3)20-13(19)16(5)9-11-7-6-8-17(10-11)12(18)15-4/h11H,6-10H2,1-5H3,(H,15,18)/t11-/m1/s1. The number of carbonyl (C=O) groups excluding carboxylic acids is 2. The van der Waals surface area contributed by atoms with Gasteiger partial charge in [-0.05, 0) is 39.5 Å². The zero-order valence-corrected chi connectivity index (χ0v) is 13.2. The molecule has 0 aromatic rings. The van der Waals surface area contributed by atoms with Crippen molar-refractivity contribution in [3.63, 3.8) is 0 Å². The smallest absolute Gasteiger partial charge is 0.410 e. The summed E-state index contributed by atoms with van der Waals surface area (Å²) in [5, 5.41) is 2.64. The Labute approximate surface area is 121 Å². The second kappa shape index (κ2) is 6.81. The fraction of sp³-hybridized carbons (Fsp3) is 0.857. The number of rotatable bonds is 2. The van der Waals surface area contributed by atoms with Crippen LogP contribution in [0.25, 0.3) is 0 Å². The van der Waals surface area contributed by atoms with E-state index in [2.05, 4.69) is 5.32 Å². The molecule has 0 aromatic carbocycles. The predicted molar refractivity (Wildman–Crippen MR) is 77.6 cm³/mol. The van der Waals surface area contributed by atoms with Crippen LogP contribution in [0.1, 0.15) is 33.6 Å². The monoisotopic (exact) mass is 285 g/mol. The summed E-state index contributed by atoms with van der Waals surface area (Å²) in [5.41, 5.74) is -0.480. The van der Waals surface area contributed by atoms with Crippen LogP contribution in [-0.4, -0.2) is 61.3 Å². The molecule has 0 bridgehead atoms. The number of hydrogen-bond donors (Lipinski definition) is 1. The highest BCUT2D eigenvalue weighted by Crippen LogP contribution is 2.18. The Kier molecular flexibility index (Phi) is 5.65. The molecule has 0 aliphatic carbocycles. The van der Waals surface area contributed by atoms with Crippen molar-refractivity contribution in [1.82, 2.24) is 15.1 Å². The molecule has 0 saturated carbocycles. The SMILES string of the molecule is CNC(=O)N1CCC[C@H](CN(C)C(=O)OC(C)(C)C)C1. The minimum Gasteiger partial charge on any atom is -0.444 e. The molecule has 0 unspecified atom stereocenters. The lowest BCUT2D eigenvalue weighted by Crippen LogP contribution is -2.47. The van der Waals surface area contributed by atoms with E-state index in [4.69, 9.17) is 4.74 Å². The Morgan fingerprint density at radius 1 is 1.40 bits per heavy atom. The first-order valence-corrected chi connectivity index (χ1v) is 7.13. The molecule has 1 saturated heterocycles. The molecule has 1 atom stereocenters. The van der Waals surface area contributed by atoms with E-state index in [0.717, 1.165) is 19.4 Å². The fourth-order valence-corrected chi connectivity index (χ4v) is 2.36. The quantitative estimate of drug-likeness (QED) is 0.843. The molecule has 6 heteroatoms. The topological polar surface area (TPSA) is 61.9 Å². The van der Waals surface area contributed by atoms with E-state index in [1.54, 1.807) is 23.9 Å². The largest absolute Gasteiger partial charge is 0.444 e. The normalized spacial score (nSPS) is 19.4. The number of nitrogens with one attached hydrogen (secondary N) is 1.